The molecule has 2 rings (SSSR count). The van der Waals surface area contributed by atoms with Crippen molar-refractivity contribution in [3.05, 3.63) is 29.3 Å². The fourth-order valence-electron chi connectivity index (χ4n) is 2.09. The number of carbonyl (C=O) groups excluding carboxylic acids is 2. The van der Waals surface area contributed by atoms with Gasteiger partial charge in [0.05, 0.1) is 18.5 Å². The number of aromatic nitrogens is 4. The first-order valence-corrected chi connectivity index (χ1v) is 6.44. The molecule has 0 radical (unpaired) electrons. The smallest absolute Gasteiger partial charge is 0.358 e. The van der Waals surface area contributed by atoms with E-state index in [0.29, 0.717) is 23.6 Å². The normalized spacial score (nSPS) is 10.5. The van der Waals surface area contributed by atoms with Crippen LogP contribution in [-0.2, 0) is 18.3 Å². The van der Waals surface area contributed by atoms with E-state index >= 15 is 0 Å². The van der Waals surface area contributed by atoms with Gasteiger partial charge in [0.15, 0.2) is 5.69 Å². The Balaban J connectivity index is 2.36. The largest absolute Gasteiger partial charge is 0.464 e. The average molecular weight is 291 g/mol. The highest BCUT2D eigenvalue weighted by Crippen LogP contribution is 2.21. The topological polar surface area (TPSA) is 91.0 Å². The third-order valence-corrected chi connectivity index (χ3v) is 3.09. The van der Waals surface area contributed by atoms with Gasteiger partial charge in [-0.05, 0) is 19.9 Å². The summed E-state index contributed by atoms with van der Waals surface area (Å²) in [5, 5.41) is 10.9. The maximum absolute atomic E-state index is 12.3. The van der Waals surface area contributed by atoms with Crippen molar-refractivity contribution in [1.29, 1.82) is 0 Å². The Labute approximate surface area is 121 Å². The molecular weight excluding hydrogens is 274 g/mol. The highest BCUT2D eigenvalue weighted by Gasteiger charge is 2.23. The number of aryl methyl sites for hydroxylation is 3. The van der Waals surface area contributed by atoms with Crippen LogP contribution < -0.4 is 5.32 Å². The quantitative estimate of drug-likeness (QED) is 0.848. The number of hydrogen-bond acceptors (Lipinski definition) is 5. The molecule has 112 valence electrons. The molecule has 0 bridgehead atoms. The van der Waals surface area contributed by atoms with E-state index in [1.54, 1.807) is 30.9 Å². The third-order valence-electron chi connectivity index (χ3n) is 3.09. The van der Waals surface area contributed by atoms with Crippen molar-refractivity contribution in [1.82, 2.24) is 19.6 Å². The summed E-state index contributed by atoms with van der Waals surface area (Å²) in [4.78, 5) is 24.1. The van der Waals surface area contributed by atoms with Gasteiger partial charge < -0.3 is 10.1 Å². The Morgan fingerprint density at radius 2 is 2.14 bits per heavy atom. The molecule has 0 saturated heterocycles. The fraction of sp³-hybridized carbons (Fsp3) is 0.385. The first-order chi connectivity index (χ1) is 9.99. The van der Waals surface area contributed by atoms with Crippen molar-refractivity contribution in [2.45, 2.75) is 20.4 Å². The summed E-state index contributed by atoms with van der Waals surface area (Å²) in [6.07, 6.45) is 1.55. The average Bonchev–Trinajstić information content (AvgIpc) is 3.03. The molecule has 8 heteroatoms. The highest BCUT2D eigenvalue weighted by atomic mass is 16.5. The first-order valence-electron chi connectivity index (χ1n) is 6.44. The molecular formula is C13H17N5O3. The van der Waals surface area contributed by atoms with Gasteiger partial charge in [-0.15, -0.1) is 0 Å². The number of nitrogens with one attached hydrogen (secondary N) is 1. The molecule has 0 spiro atoms. The van der Waals surface area contributed by atoms with Crippen molar-refractivity contribution >= 4 is 17.6 Å². The predicted molar refractivity (Wildman–Crippen MR) is 75.1 cm³/mol. The van der Waals surface area contributed by atoms with Crippen LogP contribution in [0.4, 0.5) is 5.69 Å². The van der Waals surface area contributed by atoms with Crippen LogP contribution in [0.15, 0.2) is 12.3 Å². The molecule has 2 heterocycles. The standard InChI is InChI=1S/C13H17N5O3/c1-5-18-9(6-7-14-18)12(19)15-10-8(2)16-17(3)11(10)13(20)21-4/h6-7H,5H2,1-4H3,(H,15,19). The minimum Gasteiger partial charge on any atom is -0.464 e. The summed E-state index contributed by atoms with van der Waals surface area (Å²) < 4.78 is 7.67. The van der Waals surface area contributed by atoms with Crippen molar-refractivity contribution in [3.8, 4) is 0 Å². The molecule has 0 fully saturated rings. The van der Waals surface area contributed by atoms with Crippen molar-refractivity contribution in [2.75, 3.05) is 12.4 Å². The highest BCUT2D eigenvalue weighted by molar-refractivity contribution is 6.07. The van der Waals surface area contributed by atoms with Crippen LogP contribution in [0.2, 0.25) is 0 Å². The number of amides is 1. The Hall–Kier alpha value is -2.64. The fourth-order valence-corrected chi connectivity index (χ4v) is 2.09. The summed E-state index contributed by atoms with van der Waals surface area (Å²) >= 11 is 0. The van der Waals surface area contributed by atoms with E-state index in [2.05, 4.69) is 15.5 Å². The van der Waals surface area contributed by atoms with E-state index in [1.165, 1.54) is 11.8 Å². The molecule has 1 N–H and O–H groups in total. The van der Waals surface area contributed by atoms with Crippen molar-refractivity contribution in [3.63, 3.8) is 0 Å². The lowest BCUT2D eigenvalue weighted by molar-refractivity contribution is 0.0589. The summed E-state index contributed by atoms with van der Waals surface area (Å²) in [5.41, 5.74) is 1.49. The first kappa shape index (κ1) is 14.8. The molecule has 0 aliphatic heterocycles. The van der Waals surface area contributed by atoms with Crippen LogP contribution in [0.3, 0.4) is 0 Å². The molecule has 0 atom stereocenters. The third kappa shape index (κ3) is 2.64. The second-order valence-corrected chi connectivity index (χ2v) is 4.41. The molecule has 0 unspecified atom stereocenters. The summed E-state index contributed by atoms with van der Waals surface area (Å²) in [5.74, 6) is -0.909. The Kier molecular flexibility index (Phi) is 4.06. The van der Waals surface area contributed by atoms with E-state index in [1.807, 2.05) is 6.92 Å². The monoisotopic (exact) mass is 291 g/mol. The second-order valence-electron chi connectivity index (χ2n) is 4.41. The van der Waals surface area contributed by atoms with Gasteiger partial charge in [0, 0.05) is 19.8 Å². The summed E-state index contributed by atoms with van der Waals surface area (Å²) in [6.45, 7) is 4.17. The van der Waals surface area contributed by atoms with Gasteiger partial charge in [-0.25, -0.2) is 4.79 Å². The Bertz CT molecular complexity index is 686. The number of esters is 1. The molecule has 8 nitrogen and oxygen atoms in total. The number of anilines is 1. The van der Waals surface area contributed by atoms with Crippen LogP contribution >= 0.6 is 0 Å². The molecule has 2 aromatic rings. The number of rotatable bonds is 4. The van der Waals surface area contributed by atoms with Gasteiger partial charge in [-0.3, -0.25) is 14.2 Å². The van der Waals surface area contributed by atoms with E-state index in [4.69, 9.17) is 4.74 Å². The minimum absolute atomic E-state index is 0.200. The number of hydrogen-bond donors (Lipinski definition) is 1. The van der Waals surface area contributed by atoms with Gasteiger partial charge in [0.2, 0.25) is 0 Å². The van der Waals surface area contributed by atoms with Gasteiger partial charge in [0.25, 0.3) is 5.91 Å². The van der Waals surface area contributed by atoms with Crippen molar-refractivity contribution in [2.24, 2.45) is 7.05 Å². The molecule has 0 saturated carbocycles. The molecule has 0 aliphatic rings. The van der Waals surface area contributed by atoms with Crippen LogP contribution in [-0.4, -0.2) is 38.5 Å². The van der Waals surface area contributed by atoms with Crippen LogP contribution in [0.5, 0.6) is 0 Å². The van der Waals surface area contributed by atoms with Crippen LogP contribution in [0, 0.1) is 6.92 Å². The molecule has 2 aromatic heterocycles. The predicted octanol–water partition coefficient (Wildman–Crippen LogP) is 0.984. The van der Waals surface area contributed by atoms with Crippen LogP contribution in [0.25, 0.3) is 0 Å². The lowest BCUT2D eigenvalue weighted by Gasteiger charge is -2.08. The maximum atomic E-state index is 12.3. The van der Waals surface area contributed by atoms with Gasteiger partial charge >= 0.3 is 5.97 Å². The van der Waals surface area contributed by atoms with Gasteiger partial charge in [0.1, 0.15) is 5.69 Å². The zero-order valence-corrected chi connectivity index (χ0v) is 12.4. The summed E-state index contributed by atoms with van der Waals surface area (Å²) in [7, 11) is 2.90. The summed E-state index contributed by atoms with van der Waals surface area (Å²) in [6, 6.07) is 1.61. The Morgan fingerprint density at radius 1 is 1.43 bits per heavy atom. The number of methoxy groups -OCH3 is 1. The lowest BCUT2D eigenvalue weighted by atomic mass is 10.2. The van der Waals surface area contributed by atoms with Gasteiger partial charge in [-0.1, -0.05) is 0 Å². The molecule has 0 aromatic carbocycles. The SMILES string of the molecule is CCn1nccc1C(=O)Nc1c(C)nn(C)c1C(=O)OC. The maximum Gasteiger partial charge on any atom is 0.358 e. The zero-order chi connectivity index (χ0) is 15.6. The molecule has 0 aliphatic carbocycles. The van der Waals surface area contributed by atoms with E-state index in [0.717, 1.165) is 0 Å². The van der Waals surface area contributed by atoms with Gasteiger partial charge in [-0.2, -0.15) is 10.2 Å². The van der Waals surface area contributed by atoms with Crippen LogP contribution in [0.1, 0.15) is 33.6 Å². The second kappa shape index (κ2) is 5.78. The van der Waals surface area contributed by atoms with E-state index in [-0.39, 0.29) is 11.6 Å². The molecule has 1 amide bonds. The van der Waals surface area contributed by atoms with Crippen molar-refractivity contribution < 1.29 is 14.3 Å². The number of carbonyl (C=O) groups is 2. The zero-order valence-electron chi connectivity index (χ0n) is 12.4. The van der Waals surface area contributed by atoms with E-state index < -0.39 is 5.97 Å². The lowest BCUT2D eigenvalue weighted by Crippen LogP contribution is -2.20. The molecule has 21 heavy (non-hydrogen) atoms. The number of nitrogens with zero attached hydrogens (tertiary/aromatic N) is 4. The van der Waals surface area contributed by atoms with E-state index in [9.17, 15) is 9.59 Å². The Morgan fingerprint density at radius 3 is 2.76 bits per heavy atom. The minimum atomic E-state index is -0.558. The number of ether oxygens (including phenoxy) is 1.